The van der Waals surface area contributed by atoms with Crippen LogP contribution in [0, 0.1) is 19.7 Å². The first-order valence-electron chi connectivity index (χ1n) is 12.8. The van der Waals surface area contributed by atoms with Gasteiger partial charge in [0.1, 0.15) is 5.82 Å². The van der Waals surface area contributed by atoms with Gasteiger partial charge < -0.3 is 4.98 Å². The van der Waals surface area contributed by atoms with Crippen LogP contribution in [0.15, 0.2) is 47.3 Å². The van der Waals surface area contributed by atoms with E-state index in [1.807, 2.05) is 23.7 Å². The van der Waals surface area contributed by atoms with Crippen molar-refractivity contribution in [3.05, 3.63) is 86.7 Å². The number of pyridine rings is 1. The average Bonchev–Trinajstić information content (AvgIpc) is 3.57. The number of rotatable bonds is 8. The zero-order valence-corrected chi connectivity index (χ0v) is 21.2. The van der Waals surface area contributed by atoms with Crippen LogP contribution in [0.1, 0.15) is 79.2 Å². The number of H-pyrrole nitrogens is 1. The summed E-state index contributed by atoms with van der Waals surface area (Å²) < 4.78 is 15.6. The predicted octanol–water partition coefficient (Wildman–Crippen LogP) is 5.54. The molecule has 8 heteroatoms. The summed E-state index contributed by atoms with van der Waals surface area (Å²) in [6, 6.07) is 12.9. The minimum Gasteiger partial charge on any atom is -0.321 e. The van der Waals surface area contributed by atoms with Gasteiger partial charge in [0.15, 0.2) is 5.82 Å². The molecular weight excluding hydrogens is 455 g/mol. The average molecular weight is 489 g/mol. The van der Waals surface area contributed by atoms with Crippen LogP contribution in [0.5, 0.6) is 0 Å². The van der Waals surface area contributed by atoms with Gasteiger partial charge in [0.2, 0.25) is 0 Å². The summed E-state index contributed by atoms with van der Waals surface area (Å²) in [5, 5.41) is 13.9. The lowest BCUT2D eigenvalue weighted by molar-refractivity contribution is 0.158. The van der Waals surface area contributed by atoms with Crippen LogP contribution in [-0.2, 0) is 13.1 Å². The molecule has 0 aliphatic heterocycles. The second-order valence-corrected chi connectivity index (χ2v) is 9.99. The molecule has 1 aliphatic carbocycles. The van der Waals surface area contributed by atoms with Gasteiger partial charge in [0.25, 0.3) is 5.56 Å². The van der Waals surface area contributed by atoms with E-state index in [4.69, 9.17) is 0 Å². The second-order valence-electron chi connectivity index (χ2n) is 9.99. The molecule has 0 saturated heterocycles. The number of hydrogen-bond donors (Lipinski definition) is 1. The van der Waals surface area contributed by atoms with E-state index in [-0.39, 0.29) is 17.4 Å². The Morgan fingerprint density at radius 3 is 2.53 bits per heavy atom. The molecule has 1 atom stereocenters. The number of aromatic nitrogens is 5. The third-order valence-electron chi connectivity index (χ3n) is 7.51. The Morgan fingerprint density at radius 2 is 1.81 bits per heavy atom. The van der Waals surface area contributed by atoms with Crippen molar-refractivity contribution in [3.63, 3.8) is 0 Å². The number of halogens is 1. The summed E-state index contributed by atoms with van der Waals surface area (Å²) in [5.74, 6) is 0.565. The Balaban J connectivity index is 1.55. The van der Waals surface area contributed by atoms with Crippen molar-refractivity contribution in [2.24, 2.45) is 0 Å². The van der Waals surface area contributed by atoms with E-state index in [9.17, 15) is 9.18 Å². The lowest BCUT2D eigenvalue weighted by atomic mass is 10.0. The normalized spacial score (nSPS) is 15.2. The molecule has 1 N–H and O–H groups in total. The molecular formula is C28H33FN6O. The number of hydrogen-bond acceptors (Lipinski definition) is 5. The zero-order valence-electron chi connectivity index (χ0n) is 21.2. The van der Waals surface area contributed by atoms with Gasteiger partial charge in [0.05, 0.1) is 17.6 Å². The molecule has 188 valence electrons. The summed E-state index contributed by atoms with van der Waals surface area (Å²) in [5.41, 5.74) is 4.62. The number of fused-ring (bicyclic) bond motifs is 1. The molecule has 0 spiro atoms. The van der Waals surface area contributed by atoms with Crippen LogP contribution < -0.4 is 5.56 Å². The van der Waals surface area contributed by atoms with Gasteiger partial charge in [-0.05, 0) is 78.4 Å². The molecule has 2 aromatic carbocycles. The van der Waals surface area contributed by atoms with Gasteiger partial charge in [-0.1, -0.05) is 44.0 Å². The summed E-state index contributed by atoms with van der Waals surface area (Å²) in [7, 11) is 0. The zero-order chi connectivity index (χ0) is 25.2. The van der Waals surface area contributed by atoms with E-state index < -0.39 is 0 Å². The van der Waals surface area contributed by atoms with Crippen molar-refractivity contribution in [1.29, 1.82) is 0 Å². The third kappa shape index (κ3) is 4.82. The molecule has 1 fully saturated rings. The molecule has 4 aromatic rings. The minimum atomic E-state index is -0.265. The molecule has 0 radical (unpaired) electrons. The summed E-state index contributed by atoms with van der Waals surface area (Å²) >= 11 is 0. The first kappa shape index (κ1) is 24.3. The number of aryl methyl sites for hydroxylation is 2. The molecule has 7 nitrogen and oxygen atoms in total. The maximum Gasteiger partial charge on any atom is 0.252 e. The van der Waals surface area contributed by atoms with Gasteiger partial charge in [-0.15, -0.1) is 5.10 Å². The number of benzene rings is 2. The van der Waals surface area contributed by atoms with Gasteiger partial charge >= 0.3 is 0 Å². The largest absolute Gasteiger partial charge is 0.321 e. The Kier molecular flexibility index (Phi) is 6.96. The molecule has 0 amide bonds. The van der Waals surface area contributed by atoms with Gasteiger partial charge in [0, 0.05) is 24.0 Å². The number of aromatic amines is 1. The first-order chi connectivity index (χ1) is 17.4. The molecule has 2 aromatic heterocycles. The van der Waals surface area contributed by atoms with E-state index in [1.165, 1.54) is 25.0 Å². The summed E-state index contributed by atoms with van der Waals surface area (Å²) in [4.78, 5) is 18.6. The fraction of sp³-hybridized carbons (Fsp3) is 0.429. The lowest BCUT2D eigenvalue weighted by Crippen LogP contribution is -2.32. The van der Waals surface area contributed by atoms with Gasteiger partial charge in [-0.3, -0.25) is 9.69 Å². The van der Waals surface area contributed by atoms with Crippen molar-refractivity contribution >= 4 is 10.9 Å². The maximum absolute atomic E-state index is 13.6. The Hall–Kier alpha value is -3.39. The van der Waals surface area contributed by atoms with Crippen molar-refractivity contribution in [3.8, 4) is 0 Å². The highest BCUT2D eigenvalue weighted by atomic mass is 19.1. The second kappa shape index (κ2) is 10.3. The standard InChI is InChI=1S/C28H33FN6O/c1-4-25(27-31-32-33-35(27)23-7-5-6-8-23)34(16-20-11-13-22(29)14-12-20)17-21-15-24-18(2)9-10-19(3)26(24)30-28(21)36/h9-15,23,25H,4-8,16-17H2,1-3H3,(H,30,36). The van der Waals surface area contributed by atoms with E-state index in [0.29, 0.717) is 24.7 Å². The summed E-state index contributed by atoms with van der Waals surface area (Å²) in [6.45, 7) is 7.15. The van der Waals surface area contributed by atoms with Crippen molar-refractivity contribution in [1.82, 2.24) is 30.1 Å². The molecule has 5 rings (SSSR count). The topological polar surface area (TPSA) is 79.7 Å². The quantitative estimate of drug-likeness (QED) is 0.352. The van der Waals surface area contributed by atoms with Gasteiger partial charge in [-0.2, -0.15) is 0 Å². The van der Waals surface area contributed by atoms with Crippen LogP contribution in [0.25, 0.3) is 10.9 Å². The third-order valence-corrected chi connectivity index (χ3v) is 7.51. The van der Waals surface area contributed by atoms with E-state index in [0.717, 1.165) is 52.7 Å². The first-order valence-corrected chi connectivity index (χ1v) is 12.8. The van der Waals surface area contributed by atoms with Crippen molar-refractivity contribution < 1.29 is 4.39 Å². The highest BCUT2D eigenvalue weighted by molar-refractivity contribution is 5.85. The number of tetrazole rings is 1. The highest BCUT2D eigenvalue weighted by Gasteiger charge is 2.29. The SMILES string of the molecule is CCC(c1nnnn1C1CCCC1)N(Cc1ccc(F)cc1)Cc1cc2c(C)ccc(C)c2[nH]c1=O. The molecule has 1 saturated carbocycles. The van der Waals surface area contributed by atoms with Crippen molar-refractivity contribution in [2.75, 3.05) is 0 Å². The van der Waals surface area contributed by atoms with E-state index >= 15 is 0 Å². The van der Waals surface area contributed by atoms with Crippen LogP contribution in [0.2, 0.25) is 0 Å². The van der Waals surface area contributed by atoms with Crippen LogP contribution in [0.4, 0.5) is 4.39 Å². The fourth-order valence-electron chi connectivity index (χ4n) is 5.49. The Bertz CT molecular complexity index is 1400. The van der Waals surface area contributed by atoms with Crippen LogP contribution in [-0.4, -0.2) is 30.1 Å². The predicted molar refractivity (Wildman–Crippen MR) is 138 cm³/mol. The van der Waals surface area contributed by atoms with E-state index in [2.05, 4.69) is 45.3 Å². The lowest BCUT2D eigenvalue weighted by Gasteiger charge is -2.31. The van der Waals surface area contributed by atoms with Crippen LogP contribution in [0.3, 0.4) is 0 Å². The molecule has 0 bridgehead atoms. The highest BCUT2D eigenvalue weighted by Crippen LogP contribution is 2.33. The van der Waals surface area contributed by atoms with E-state index in [1.54, 1.807) is 12.1 Å². The molecule has 1 aliphatic rings. The Morgan fingerprint density at radius 1 is 1.08 bits per heavy atom. The fourth-order valence-corrected chi connectivity index (χ4v) is 5.49. The summed E-state index contributed by atoms with van der Waals surface area (Å²) in [6.07, 6.45) is 5.30. The molecule has 1 unspecified atom stereocenters. The van der Waals surface area contributed by atoms with Crippen LogP contribution >= 0.6 is 0 Å². The van der Waals surface area contributed by atoms with Crippen molar-refractivity contribution in [2.45, 2.75) is 78.0 Å². The molecule has 2 heterocycles. The maximum atomic E-state index is 13.6. The number of nitrogens with zero attached hydrogens (tertiary/aromatic N) is 5. The monoisotopic (exact) mass is 488 g/mol. The smallest absolute Gasteiger partial charge is 0.252 e. The number of nitrogens with one attached hydrogen (secondary N) is 1. The minimum absolute atomic E-state index is 0.0921. The Labute approximate surface area is 210 Å². The molecule has 36 heavy (non-hydrogen) atoms. The van der Waals surface area contributed by atoms with Gasteiger partial charge in [-0.25, -0.2) is 9.07 Å².